The number of aromatic nitrogens is 2. The molecule has 1 aromatic rings. The van der Waals surface area contributed by atoms with Crippen LogP contribution in [0.3, 0.4) is 0 Å². The van der Waals surface area contributed by atoms with Crippen molar-refractivity contribution in [1.29, 1.82) is 0 Å². The minimum atomic E-state index is -1.16. The van der Waals surface area contributed by atoms with E-state index in [0.29, 0.717) is 6.42 Å². The van der Waals surface area contributed by atoms with E-state index < -0.39 is 12.4 Å². The van der Waals surface area contributed by atoms with Gasteiger partial charge < -0.3 is 20.6 Å². The van der Waals surface area contributed by atoms with Gasteiger partial charge in [-0.25, -0.2) is 9.78 Å². The van der Waals surface area contributed by atoms with Gasteiger partial charge in [0.15, 0.2) is 0 Å². The van der Waals surface area contributed by atoms with E-state index in [2.05, 4.69) is 14.7 Å². The molecule has 1 unspecified atom stereocenters. The number of carbonyl (C=O) groups is 1. The number of aryl methyl sites for hydroxylation is 1. The third-order valence-electron chi connectivity index (χ3n) is 1.45. The lowest BCUT2D eigenvalue weighted by Crippen LogP contribution is -2.22. The van der Waals surface area contributed by atoms with E-state index in [1.54, 1.807) is 6.20 Å². The fraction of sp³-hybridized carbons (Fsp3) is 0.429. The van der Waals surface area contributed by atoms with Gasteiger partial charge in [0.2, 0.25) is 6.29 Å². The highest BCUT2D eigenvalue weighted by atomic mass is 16.6. The molecule has 0 spiro atoms. The number of hydrogen-bond donors (Lipinski definition) is 3. The maximum Gasteiger partial charge on any atom is 0.406 e. The third kappa shape index (κ3) is 3.57. The molecule has 6 nitrogen and oxygen atoms in total. The van der Waals surface area contributed by atoms with Crippen LogP contribution in [0.4, 0.5) is 4.79 Å². The predicted octanol–water partition coefficient (Wildman–Crippen LogP) is -0.244. The van der Waals surface area contributed by atoms with Crippen LogP contribution < -0.4 is 5.73 Å². The fourth-order valence-electron chi connectivity index (χ4n) is 0.892. The molecule has 0 aliphatic carbocycles. The molecule has 72 valence electrons. The first-order valence-electron chi connectivity index (χ1n) is 3.80. The molecule has 1 heterocycles. The molecule has 1 aromatic heterocycles. The largest absolute Gasteiger partial charge is 0.420 e. The quantitative estimate of drug-likeness (QED) is 0.563. The lowest BCUT2D eigenvalue weighted by atomic mass is 10.2. The van der Waals surface area contributed by atoms with Crippen LogP contribution in [-0.4, -0.2) is 27.5 Å². The van der Waals surface area contributed by atoms with Crippen molar-refractivity contribution in [2.45, 2.75) is 19.1 Å². The van der Waals surface area contributed by atoms with Crippen molar-refractivity contribution >= 4 is 6.09 Å². The summed E-state index contributed by atoms with van der Waals surface area (Å²) >= 11 is 0. The number of ether oxygens (including phenoxy) is 1. The number of primary amides is 1. The molecule has 1 rings (SSSR count). The molecule has 0 aliphatic heterocycles. The standard InChI is InChI=1S/C7H11N3O3/c8-7(12)13-6(11)2-1-5-3-9-4-10-5/h3-4,6,11H,1-2H2,(H2,8,12)(H,9,10). The van der Waals surface area contributed by atoms with E-state index >= 15 is 0 Å². The first kappa shape index (κ1) is 9.53. The van der Waals surface area contributed by atoms with Gasteiger partial charge in [0.05, 0.1) is 12.0 Å². The van der Waals surface area contributed by atoms with Crippen molar-refractivity contribution in [1.82, 2.24) is 9.97 Å². The molecule has 0 radical (unpaired) electrons. The monoisotopic (exact) mass is 185 g/mol. The van der Waals surface area contributed by atoms with Gasteiger partial charge in [-0.05, 0) is 6.42 Å². The first-order valence-corrected chi connectivity index (χ1v) is 3.80. The summed E-state index contributed by atoms with van der Waals surface area (Å²) in [5.74, 6) is 0. The Morgan fingerprint density at radius 2 is 2.62 bits per heavy atom. The Labute approximate surface area is 74.7 Å². The van der Waals surface area contributed by atoms with Crippen LogP contribution in [0.25, 0.3) is 0 Å². The molecular formula is C7H11N3O3. The van der Waals surface area contributed by atoms with Crippen molar-refractivity contribution in [3.8, 4) is 0 Å². The summed E-state index contributed by atoms with van der Waals surface area (Å²) in [7, 11) is 0. The average Bonchev–Trinajstić information content (AvgIpc) is 2.51. The van der Waals surface area contributed by atoms with E-state index in [4.69, 9.17) is 10.8 Å². The number of H-pyrrole nitrogens is 1. The SMILES string of the molecule is NC(=O)OC(O)CCc1c[nH]cn1. The summed E-state index contributed by atoms with van der Waals surface area (Å²) < 4.78 is 4.30. The summed E-state index contributed by atoms with van der Waals surface area (Å²) in [6, 6.07) is 0. The Balaban J connectivity index is 2.22. The van der Waals surface area contributed by atoms with Crippen LogP contribution in [0.2, 0.25) is 0 Å². The molecule has 0 fully saturated rings. The maximum absolute atomic E-state index is 10.2. The average molecular weight is 185 g/mol. The summed E-state index contributed by atoms with van der Waals surface area (Å²) in [5.41, 5.74) is 5.50. The van der Waals surface area contributed by atoms with Crippen LogP contribution in [0, 0.1) is 0 Å². The second kappa shape index (κ2) is 4.46. The van der Waals surface area contributed by atoms with E-state index in [0.717, 1.165) is 5.69 Å². The van der Waals surface area contributed by atoms with Crippen LogP contribution in [0.1, 0.15) is 12.1 Å². The van der Waals surface area contributed by atoms with Crippen molar-refractivity contribution in [3.63, 3.8) is 0 Å². The van der Waals surface area contributed by atoms with Crippen molar-refractivity contribution in [3.05, 3.63) is 18.2 Å². The molecule has 4 N–H and O–H groups in total. The van der Waals surface area contributed by atoms with Crippen molar-refractivity contribution in [2.75, 3.05) is 0 Å². The van der Waals surface area contributed by atoms with Crippen LogP contribution >= 0.6 is 0 Å². The van der Waals surface area contributed by atoms with Gasteiger partial charge in [-0.15, -0.1) is 0 Å². The van der Waals surface area contributed by atoms with Gasteiger partial charge in [0.1, 0.15) is 0 Å². The van der Waals surface area contributed by atoms with Crippen molar-refractivity contribution in [2.24, 2.45) is 5.73 Å². The molecule has 0 saturated heterocycles. The zero-order chi connectivity index (χ0) is 9.68. The topological polar surface area (TPSA) is 101 Å². The molecule has 6 heteroatoms. The highest BCUT2D eigenvalue weighted by Crippen LogP contribution is 2.01. The number of nitrogens with zero attached hydrogens (tertiary/aromatic N) is 1. The number of imidazole rings is 1. The van der Waals surface area contributed by atoms with Gasteiger partial charge in [0, 0.05) is 12.6 Å². The fourth-order valence-corrected chi connectivity index (χ4v) is 0.892. The minimum absolute atomic E-state index is 0.286. The zero-order valence-electron chi connectivity index (χ0n) is 6.93. The Kier molecular flexibility index (Phi) is 3.27. The Morgan fingerprint density at radius 3 is 3.15 bits per heavy atom. The second-order valence-electron chi connectivity index (χ2n) is 2.49. The van der Waals surface area contributed by atoms with Crippen LogP contribution in [0.5, 0.6) is 0 Å². The molecule has 1 atom stereocenters. The molecule has 13 heavy (non-hydrogen) atoms. The highest BCUT2D eigenvalue weighted by Gasteiger charge is 2.08. The lowest BCUT2D eigenvalue weighted by molar-refractivity contribution is -0.0528. The number of nitrogens with one attached hydrogen (secondary N) is 1. The molecular weight excluding hydrogens is 174 g/mol. The molecule has 1 amide bonds. The lowest BCUT2D eigenvalue weighted by Gasteiger charge is -2.08. The zero-order valence-corrected chi connectivity index (χ0v) is 6.93. The van der Waals surface area contributed by atoms with Gasteiger partial charge in [-0.2, -0.15) is 0 Å². The Hall–Kier alpha value is -1.56. The van der Waals surface area contributed by atoms with Crippen molar-refractivity contribution < 1.29 is 14.6 Å². The van der Waals surface area contributed by atoms with Gasteiger partial charge >= 0.3 is 6.09 Å². The number of aliphatic hydroxyl groups is 1. The summed E-state index contributed by atoms with van der Waals surface area (Å²) in [4.78, 5) is 16.9. The first-order chi connectivity index (χ1) is 6.18. The van der Waals surface area contributed by atoms with E-state index in [1.165, 1.54) is 6.33 Å². The number of rotatable bonds is 4. The number of nitrogens with two attached hydrogens (primary N) is 1. The van der Waals surface area contributed by atoms with Crippen LogP contribution in [0.15, 0.2) is 12.5 Å². The summed E-state index contributed by atoms with van der Waals surface area (Å²) in [5, 5.41) is 9.06. The third-order valence-corrected chi connectivity index (χ3v) is 1.45. The smallest absolute Gasteiger partial charge is 0.406 e. The number of carbonyl (C=O) groups excluding carboxylic acids is 1. The van der Waals surface area contributed by atoms with Crippen LogP contribution in [-0.2, 0) is 11.2 Å². The predicted molar refractivity (Wildman–Crippen MR) is 43.6 cm³/mol. The second-order valence-corrected chi connectivity index (χ2v) is 2.49. The number of amides is 1. The maximum atomic E-state index is 10.2. The normalized spacial score (nSPS) is 12.4. The van der Waals surface area contributed by atoms with Gasteiger partial charge in [0.25, 0.3) is 0 Å². The Morgan fingerprint density at radius 1 is 1.85 bits per heavy atom. The summed E-state index contributed by atoms with van der Waals surface area (Å²) in [6.45, 7) is 0. The van der Waals surface area contributed by atoms with Gasteiger partial charge in [-0.1, -0.05) is 0 Å². The van der Waals surface area contributed by atoms with E-state index in [-0.39, 0.29) is 6.42 Å². The number of aliphatic hydroxyl groups excluding tert-OH is 1. The van der Waals surface area contributed by atoms with E-state index in [9.17, 15) is 4.79 Å². The Bertz CT molecular complexity index is 260. The molecule has 0 aliphatic rings. The summed E-state index contributed by atoms with van der Waals surface area (Å²) in [6.07, 6.45) is 1.92. The molecule has 0 saturated carbocycles. The molecule has 0 bridgehead atoms. The number of hydrogen-bond acceptors (Lipinski definition) is 4. The van der Waals surface area contributed by atoms with E-state index in [1.807, 2.05) is 0 Å². The highest BCUT2D eigenvalue weighted by molar-refractivity contribution is 5.64. The van der Waals surface area contributed by atoms with Gasteiger partial charge in [-0.3, -0.25) is 0 Å². The minimum Gasteiger partial charge on any atom is -0.420 e. The molecule has 0 aromatic carbocycles. The number of aromatic amines is 1.